The molecular weight excluding hydrogens is 184 g/mol. The lowest BCUT2D eigenvalue weighted by Gasteiger charge is -1.95. The zero-order chi connectivity index (χ0) is 9.68. The van der Waals surface area contributed by atoms with Crippen LogP contribution in [-0.4, -0.2) is 17.3 Å². The smallest absolute Gasteiger partial charge is 0.191 e. The van der Waals surface area contributed by atoms with Crippen molar-refractivity contribution in [3.05, 3.63) is 16.1 Å². The SMILES string of the molecule is Cc1cnc(C(=O)CCCCN)s1. The van der Waals surface area contributed by atoms with Crippen LogP contribution in [-0.2, 0) is 0 Å². The van der Waals surface area contributed by atoms with Gasteiger partial charge in [0.05, 0.1) is 0 Å². The summed E-state index contributed by atoms with van der Waals surface area (Å²) >= 11 is 1.46. The molecule has 72 valence electrons. The molecule has 0 spiro atoms. The molecular formula is C9H14N2OS. The molecule has 2 N–H and O–H groups in total. The van der Waals surface area contributed by atoms with Crippen LogP contribution in [0.3, 0.4) is 0 Å². The maximum atomic E-state index is 11.4. The Kier molecular flexibility index (Phi) is 4.05. The minimum Gasteiger partial charge on any atom is -0.330 e. The predicted octanol–water partition coefficient (Wildman–Crippen LogP) is 1.76. The Morgan fingerprint density at radius 1 is 1.62 bits per heavy atom. The summed E-state index contributed by atoms with van der Waals surface area (Å²) in [6.07, 6.45) is 4.09. The molecule has 0 saturated heterocycles. The molecule has 0 aromatic carbocycles. The van der Waals surface area contributed by atoms with E-state index in [1.54, 1.807) is 6.20 Å². The van der Waals surface area contributed by atoms with E-state index in [1.165, 1.54) is 11.3 Å². The van der Waals surface area contributed by atoms with Gasteiger partial charge in [0, 0.05) is 17.5 Å². The van der Waals surface area contributed by atoms with Gasteiger partial charge in [-0.2, -0.15) is 0 Å². The van der Waals surface area contributed by atoms with E-state index >= 15 is 0 Å². The highest BCUT2D eigenvalue weighted by Gasteiger charge is 2.08. The van der Waals surface area contributed by atoms with Gasteiger partial charge in [-0.05, 0) is 26.3 Å². The third-order valence-electron chi connectivity index (χ3n) is 1.72. The number of hydrogen-bond donors (Lipinski definition) is 1. The Morgan fingerprint density at radius 2 is 2.38 bits per heavy atom. The van der Waals surface area contributed by atoms with Crippen LogP contribution in [0.25, 0.3) is 0 Å². The predicted molar refractivity (Wildman–Crippen MR) is 54.1 cm³/mol. The highest BCUT2D eigenvalue weighted by atomic mass is 32.1. The fourth-order valence-electron chi connectivity index (χ4n) is 1.02. The van der Waals surface area contributed by atoms with E-state index in [4.69, 9.17) is 5.73 Å². The Bertz CT molecular complexity index is 283. The van der Waals surface area contributed by atoms with E-state index in [2.05, 4.69) is 4.98 Å². The molecule has 0 aliphatic rings. The quantitative estimate of drug-likeness (QED) is 0.579. The molecule has 0 bridgehead atoms. The number of hydrogen-bond acceptors (Lipinski definition) is 4. The summed E-state index contributed by atoms with van der Waals surface area (Å²) in [5.41, 5.74) is 5.33. The second kappa shape index (κ2) is 5.09. The van der Waals surface area contributed by atoms with Crippen LogP contribution >= 0.6 is 11.3 Å². The number of thiazole rings is 1. The van der Waals surface area contributed by atoms with Crippen molar-refractivity contribution in [2.75, 3.05) is 6.54 Å². The van der Waals surface area contributed by atoms with E-state index in [1.807, 2.05) is 6.92 Å². The number of carbonyl (C=O) groups is 1. The first-order valence-electron chi connectivity index (χ1n) is 4.39. The van der Waals surface area contributed by atoms with Gasteiger partial charge in [0.2, 0.25) is 0 Å². The topological polar surface area (TPSA) is 56.0 Å². The zero-order valence-corrected chi connectivity index (χ0v) is 8.56. The first-order chi connectivity index (χ1) is 6.24. The van der Waals surface area contributed by atoms with E-state index in [-0.39, 0.29) is 5.78 Å². The summed E-state index contributed by atoms with van der Waals surface area (Å²) < 4.78 is 0. The molecule has 0 amide bonds. The number of nitrogens with two attached hydrogens (primary N) is 1. The molecule has 0 fully saturated rings. The maximum Gasteiger partial charge on any atom is 0.191 e. The second-order valence-electron chi connectivity index (χ2n) is 2.95. The first-order valence-corrected chi connectivity index (χ1v) is 5.21. The molecule has 3 nitrogen and oxygen atoms in total. The zero-order valence-electron chi connectivity index (χ0n) is 7.75. The fraction of sp³-hybridized carbons (Fsp3) is 0.556. The Morgan fingerprint density at radius 3 is 2.92 bits per heavy atom. The van der Waals surface area contributed by atoms with Gasteiger partial charge in [0.1, 0.15) is 0 Å². The van der Waals surface area contributed by atoms with Crippen molar-refractivity contribution in [2.45, 2.75) is 26.2 Å². The van der Waals surface area contributed by atoms with Gasteiger partial charge >= 0.3 is 0 Å². The van der Waals surface area contributed by atoms with Gasteiger partial charge in [0.25, 0.3) is 0 Å². The fourth-order valence-corrected chi connectivity index (χ4v) is 1.75. The van der Waals surface area contributed by atoms with Gasteiger partial charge in [-0.3, -0.25) is 4.79 Å². The van der Waals surface area contributed by atoms with E-state index in [0.717, 1.165) is 17.7 Å². The lowest BCUT2D eigenvalue weighted by molar-refractivity contribution is 0.0979. The number of carbonyl (C=O) groups excluding carboxylic acids is 1. The third kappa shape index (κ3) is 3.24. The monoisotopic (exact) mass is 198 g/mol. The lowest BCUT2D eigenvalue weighted by atomic mass is 10.2. The van der Waals surface area contributed by atoms with Crippen LogP contribution in [0.4, 0.5) is 0 Å². The molecule has 0 saturated carbocycles. The second-order valence-corrected chi connectivity index (χ2v) is 4.18. The number of aryl methyl sites for hydroxylation is 1. The standard InChI is InChI=1S/C9H14N2OS/c1-7-6-11-9(13-7)8(12)4-2-3-5-10/h6H,2-5,10H2,1H3. The van der Waals surface area contributed by atoms with Crippen molar-refractivity contribution >= 4 is 17.1 Å². The minimum atomic E-state index is 0.145. The van der Waals surface area contributed by atoms with Crippen LogP contribution in [0, 0.1) is 6.92 Å². The normalized spacial score (nSPS) is 10.3. The van der Waals surface area contributed by atoms with Gasteiger partial charge < -0.3 is 5.73 Å². The summed E-state index contributed by atoms with van der Waals surface area (Å²) in [5, 5.41) is 0.634. The molecule has 0 radical (unpaired) electrons. The number of unbranched alkanes of at least 4 members (excludes halogenated alkanes) is 1. The molecule has 0 aliphatic heterocycles. The Balaban J connectivity index is 2.40. The number of rotatable bonds is 5. The van der Waals surface area contributed by atoms with Gasteiger partial charge in [0.15, 0.2) is 10.8 Å². The summed E-state index contributed by atoms with van der Waals surface area (Å²) in [7, 11) is 0. The number of Topliss-reactive ketones (excluding diaryl/α,β-unsaturated/α-hetero) is 1. The summed E-state index contributed by atoms with van der Waals surface area (Å²) in [6.45, 7) is 2.61. The number of ketones is 1. The number of aromatic nitrogens is 1. The summed E-state index contributed by atoms with van der Waals surface area (Å²) in [6, 6.07) is 0. The molecule has 0 aliphatic carbocycles. The van der Waals surface area contributed by atoms with Crippen LogP contribution in [0.15, 0.2) is 6.20 Å². The summed E-state index contributed by atoms with van der Waals surface area (Å²) in [5.74, 6) is 0.145. The van der Waals surface area contributed by atoms with Crippen molar-refractivity contribution in [3.8, 4) is 0 Å². The summed E-state index contributed by atoms with van der Waals surface area (Å²) in [4.78, 5) is 16.6. The van der Waals surface area contributed by atoms with Crippen LogP contribution in [0.1, 0.15) is 33.9 Å². The van der Waals surface area contributed by atoms with Crippen molar-refractivity contribution in [1.29, 1.82) is 0 Å². The largest absolute Gasteiger partial charge is 0.330 e. The molecule has 1 aromatic heterocycles. The highest BCUT2D eigenvalue weighted by Crippen LogP contribution is 2.14. The van der Waals surface area contributed by atoms with Crippen molar-refractivity contribution < 1.29 is 4.79 Å². The Hall–Kier alpha value is -0.740. The first kappa shape index (κ1) is 10.3. The molecule has 1 heterocycles. The molecule has 1 rings (SSSR count). The molecule has 1 aromatic rings. The molecule has 4 heteroatoms. The van der Waals surface area contributed by atoms with E-state index < -0.39 is 0 Å². The van der Waals surface area contributed by atoms with Crippen molar-refractivity contribution in [2.24, 2.45) is 5.73 Å². The van der Waals surface area contributed by atoms with Crippen molar-refractivity contribution in [3.63, 3.8) is 0 Å². The number of nitrogens with zero attached hydrogens (tertiary/aromatic N) is 1. The van der Waals surface area contributed by atoms with E-state index in [9.17, 15) is 4.79 Å². The Labute approximate surface area is 82.0 Å². The average Bonchev–Trinajstić information content (AvgIpc) is 2.52. The van der Waals surface area contributed by atoms with Gasteiger partial charge in [-0.15, -0.1) is 11.3 Å². The molecule has 0 atom stereocenters. The van der Waals surface area contributed by atoms with Gasteiger partial charge in [-0.1, -0.05) is 0 Å². The van der Waals surface area contributed by atoms with E-state index in [0.29, 0.717) is 18.0 Å². The highest BCUT2D eigenvalue weighted by molar-refractivity contribution is 7.13. The van der Waals surface area contributed by atoms with Crippen molar-refractivity contribution in [1.82, 2.24) is 4.98 Å². The third-order valence-corrected chi connectivity index (χ3v) is 2.67. The molecule has 13 heavy (non-hydrogen) atoms. The maximum absolute atomic E-state index is 11.4. The van der Waals surface area contributed by atoms with Crippen LogP contribution in [0.2, 0.25) is 0 Å². The van der Waals surface area contributed by atoms with Crippen LogP contribution in [0.5, 0.6) is 0 Å². The average molecular weight is 198 g/mol. The molecule has 0 unspecified atom stereocenters. The minimum absolute atomic E-state index is 0.145. The van der Waals surface area contributed by atoms with Crippen LogP contribution < -0.4 is 5.73 Å². The van der Waals surface area contributed by atoms with Gasteiger partial charge in [-0.25, -0.2) is 4.98 Å². The lowest BCUT2D eigenvalue weighted by Crippen LogP contribution is -2.02.